The normalized spacial score (nSPS) is 12.0. The standard InChI is InChI=1S/C17H19N5O4S/c1-11-8-12(2)21(19-11)10-16(23)18-17-20(6-7-26-3)14-5-4-13(22(24)25)9-15(14)27-17/h4-5,8-9H,6-7,10H2,1-3H3. The number of carbonyl (C=O) groups excluding carboxylic acids is 1. The molecule has 0 atom stereocenters. The van der Waals surface area contributed by atoms with Gasteiger partial charge in [0.25, 0.3) is 11.6 Å². The Morgan fingerprint density at radius 3 is 2.78 bits per heavy atom. The number of carbonyl (C=O) groups is 1. The number of ether oxygens (including phenoxy) is 1. The molecule has 10 heteroatoms. The van der Waals surface area contributed by atoms with E-state index < -0.39 is 4.92 Å². The zero-order valence-corrected chi connectivity index (χ0v) is 16.0. The maximum atomic E-state index is 12.4. The molecule has 0 fully saturated rings. The lowest BCUT2D eigenvalue weighted by atomic mass is 10.3. The van der Waals surface area contributed by atoms with Crippen LogP contribution in [-0.2, 0) is 22.6 Å². The molecule has 9 nitrogen and oxygen atoms in total. The van der Waals surface area contributed by atoms with Gasteiger partial charge in [-0.3, -0.25) is 19.6 Å². The van der Waals surface area contributed by atoms with Gasteiger partial charge in [-0.1, -0.05) is 11.3 Å². The van der Waals surface area contributed by atoms with Gasteiger partial charge >= 0.3 is 0 Å². The Morgan fingerprint density at radius 1 is 1.37 bits per heavy atom. The van der Waals surface area contributed by atoms with E-state index in [9.17, 15) is 14.9 Å². The molecular formula is C17H19N5O4S. The van der Waals surface area contributed by atoms with E-state index >= 15 is 0 Å². The zero-order valence-electron chi connectivity index (χ0n) is 15.2. The summed E-state index contributed by atoms with van der Waals surface area (Å²) in [7, 11) is 1.59. The summed E-state index contributed by atoms with van der Waals surface area (Å²) in [5.41, 5.74) is 2.50. The van der Waals surface area contributed by atoms with E-state index in [1.54, 1.807) is 17.9 Å². The van der Waals surface area contributed by atoms with E-state index in [-0.39, 0.29) is 18.1 Å². The number of amides is 1. The van der Waals surface area contributed by atoms with Crippen LogP contribution in [0.5, 0.6) is 0 Å². The van der Waals surface area contributed by atoms with Crippen molar-refractivity contribution in [3.8, 4) is 0 Å². The number of nitrogens with zero attached hydrogens (tertiary/aromatic N) is 5. The molecule has 2 aromatic heterocycles. The Labute approximate surface area is 158 Å². The Kier molecular flexibility index (Phi) is 5.47. The van der Waals surface area contributed by atoms with Gasteiger partial charge < -0.3 is 9.30 Å². The number of rotatable bonds is 6. The van der Waals surface area contributed by atoms with Crippen molar-refractivity contribution in [1.29, 1.82) is 0 Å². The summed E-state index contributed by atoms with van der Waals surface area (Å²) in [5, 5.41) is 15.3. The van der Waals surface area contributed by atoms with Crippen molar-refractivity contribution in [1.82, 2.24) is 14.3 Å². The van der Waals surface area contributed by atoms with Gasteiger partial charge in [-0.2, -0.15) is 10.1 Å². The monoisotopic (exact) mass is 389 g/mol. The summed E-state index contributed by atoms with van der Waals surface area (Å²) >= 11 is 1.24. The molecule has 0 bridgehead atoms. The van der Waals surface area contributed by atoms with Gasteiger partial charge in [0, 0.05) is 31.5 Å². The number of hydrogen-bond donors (Lipinski definition) is 0. The Bertz CT molecular complexity index is 1080. The fourth-order valence-electron chi connectivity index (χ4n) is 2.76. The first-order chi connectivity index (χ1) is 12.9. The molecule has 0 aliphatic carbocycles. The van der Waals surface area contributed by atoms with Crippen LogP contribution in [0.25, 0.3) is 10.2 Å². The molecule has 3 aromatic rings. The van der Waals surface area contributed by atoms with Gasteiger partial charge in [0.05, 0.1) is 27.4 Å². The third kappa shape index (κ3) is 4.12. The minimum Gasteiger partial charge on any atom is -0.383 e. The lowest BCUT2D eigenvalue weighted by molar-refractivity contribution is -0.384. The highest BCUT2D eigenvalue weighted by atomic mass is 32.1. The number of nitro benzene ring substituents is 1. The predicted octanol–water partition coefficient (Wildman–Crippen LogP) is 2.20. The quantitative estimate of drug-likeness (QED) is 0.475. The minimum atomic E-state index is -0.441. The molecule has 0 saturated carbocycles. The SMILES string of the molecule is COCCn1c(=NC(=O)Cn2nc(C)cc2C)sc2cc([N+](=O)[O-])ccc21. The van der Waals surface area contributed by atoms with Crippen molar-refractivity contribution in [2.24, 2.45) is 4.99 Å². The van der Waals surface area contributed by atoms with Crippen LogP contribution in [0, 0.1) is 24.0 Å². The summed E-state index contributed by atoms with van der Waals surface area (Å²) < 4.78 is 9.28. The van der Waals surface area contributed by atoms with Crippen molar-refractivity contribution >= 4 is 33.1 Å². The first kappa shape index (κ1) is 18.9. The van der Waals surface area contributed by atoms with Gasteiger partial charge in [-0.15, -0.1) is 0 Å². The second kappa shape index (κ2) is 7.80. The number of aromatic nitrogens is 3. The summed E-state index contributed by atoms with van der Waals surface area (Å²) in [6, 6.07) is 6.50. The Hall–Kier alpha value is -2.85. The molecule has 0 radical (unpaired) electrons. The van der Waals surface area contributed by atoms with Crippen molar-refractivity contribution < 1.29 is 14.5 Å². The molecule has 1 aromatic carbocycles. The molecule has 0 N–H and O–H groups in total. The van der Waals surface area contributed by atoms with Crippen LogP contribution < -0.4 is 4.80 Å². The summed E-state index contributed by atoms with van der Waals surface area (Å²) in [4.78, 5) is 27.7. The second-order valence-corrected chi connectivity index (χ2v) is 7.04. The summed E-state index contributed by atoms with van der Waals surface area (Å²) in [6.45, 7) is 4.70. The number of non-ortho nitro benzene ring substituents is 1. The van der Waals surface area contributed by atoms with Crippen LogP contribution in [-0.4, -0.2) is 38.9 Å². The maximum Gasteiger partial charge on any atom is 0.270 e. The number of aryl methyl sites for hydroxylation is 2. The molecule has 2 heterocycles. The Balaban J connectivity index is 2.02. The van der Waals surface area contributed by atoms with Crippen LogP contribution in [0.4, 0.5) is 5.69 Å². The van der Waals surface area contributed by atoms with E-state index in [4.69, 9.17) is 4.74 Å². The predicted molar refractivity (Wildman–Crippen MR) is 101 cm³/mol. The average molecular weight is 389 g/mol. The smallest absolute Gasteiger partial charge is 0.270 e. The van der Waals surface area contributed by atoms with E-state index in [1.807, 2.05) is 24.5 Å². The fourth-order valence-corrected chi connectivity index (χ4v) is 3.87. The van der Waals surface area contributed by atoms with Crippen LogP contribution in [0.2, 0.25) is 0 Å². The largest absolute Gasteiger partial charge is 0.383 e. The van der Waals surface area contributed by atoms with Gasteiger partial charge in [0.15, 0.2) is 4.80 Å². The van der Waals surface area contributed by atoms with Crippen LogP contribution >= 0.6 is 11.3 Å². The summed E-state index contributed by atoms with van der Waals surface area (Å²) in [5.74, 6) is -0.339. The molecule has 3 rings (SSSR count). The summed E-state index contributed by atoms with van der Waals surface area (Å²) in [6.07, 6.45) is 0. The second-order valence-electron chi connectivity index (χ2n) is 6.03. The van der Waals surface area contributed by atoms with Crippen molar-refractivity contribution in [3.63, 3.8) is 0 Å². The van der Waals surface area contributed by atoms with Crippen LogP contribution in [0.3, 0.4) is 0 Å². The molecule has 27 heavy (non-hydrogen) atoms. The van der Waals surface area contributed by atoms with Gasteiger partial charge in [0.2, 0.25) is 0 Å². The molecule has 0 unspecified atom stereocenters. The van der Waals surface area contributed by atoms with Crippen LogP contribution in [0.15, 0.2) is 29.3 Å². The van der Waals surface area contributed by atoms with Gasteiger partial charge in [-0.05, 0) is 26.0 Å². The molecule has 0 aliphatic heterocycles. The average Bonchev–Trinajstić information content (AvgIpc) is 3.10. The molecule has 0 aliphatic rings. The van der Waals surface area contributed by atoms with Crippen LogP contribution in [0.1, 0.15) is 11.4 Å². The van der Waals surface area contributed by atoms with E-state index in [0.29, 0.717) is 22.7 Å². The van der Waals surface area contributed by atoms with E-state index in [0.717, 1.165) is 16.9 Å². The number of benzene rings is 1. The van der Waals surface area contributed by atoms with Crippen molar-refractivity contribution in [3.05, 3.63) is 50.6 Å². The fraction of sp³-hybridized carbons (Fsp3) is 0.353. The third-order valence-corrected chi connectivity index (χ3v) is 5.05. The van der Waals surface area contributed by atoms with E-state index in [1.165, 1.54) is 23.5 Å². The topological polar surface area (TPSA) is 105 Å². The first-order valence-corrected chi connectivity index (χ1v) is 9.06. The highest BCUT2D eigenvalue weighted by Crippen LogP contribution is 2.23. The Morgan fingerprint density at radius 2 is 2.15 bits per heavy atom. The molecule has 1 amide bonds. The molecule has 0 saturated heterocycles. The zero-order chi connectivity index (χ0) is 19.6. The van der Waals surface area contributed by atoms with Gasteiger partial charge in [-0.25, -0.2) is 0 Å². The molecule has 142 valence electrons. The van der Waals surface area contributed by atoms with Gasteiger partial charge in [0.1, 0.15) is 6.54 Å². The molecule has 0 spiro atoms. The number of fused-ring (bicyclic) bond motifs is 1. The highest BCUT2D eigenvalue weighted by molar-refractivity contribution is 7.16. The third-order valence-electron chi connectivity index (χ3n) is 4.00. The van der Waals surface area contributed by atoms with Crippen molar-refractivity contribution in [2.75, 3.05) is 13.7 Å². The highest BCUT2D eigenvalue weighted by Gasteiger charge is 2.13. The van der Waals surface area contributed by atoms with Crippen molar-refractivity contribution in [2.45, 2.75) is 26.9 Å². The lowest BCUT2D eigenvalue weighted by Gasteiger charge is -2.04. The number of methoxy groups -OCH3 is 1. The minimum absolute atomic E-state index is 0.00293. The first-order valence-electron chi connectivity index (χ1n) is 8.24. The maximum absolute atomic E-state index is 12.4. The number of nitro groups is 1. The molecular weight excluding hydrogens is 370 g/mol. The number of thiazole rings is 1. The van der Waals surface area contributed by atoms with E-state index in [2.05, 4.69) is 10.1 Å². The number of hydrogen-bond acceptors (Lipinski definition) is 6. The lowest BCUT2D eigenvalue weighted by Crippen LogP contribution is -2.21.